The van der Waals surface area contributed by atoms with Gasteiger partial charge in [-0.1, -0.05) is 0 Å². The van der Waals surface area contributed by atoms with Gasteiger partial charge in [0, 0.05) is 19.5 Å². The fourth-order valence-electron chi connectivity index (χ4n) is 2.39. The van der Waals surface area contributed by atoms with Crippen LogP contribution in [0.5, 0.6) is 0 Å². The highest BCUT2D eigenvalue weighted by atomic mass is 16.5. The lowest BCUT2D eigenvalue weighted by molar-refractivity contribution is -0.139. The fourth-order valence-corrected chi connectivity index (χ4v) is 2.39. The third-order valence-electron chi connectivity index (χ3n) is 3.21. The Kier molecular flexibility index (Phi) is 3.59. The smallest absolute Gasteiger partial charge is 0.222 e. The van der Waals surface area contributed by atoms with Crippen molar-refractivity contribution in [3.63, 3.8) is 0 Å². The summed E-state index contributed by atoms with van der Waals surface area (Å²) < 4.78 is 5.70. The predicted octanol–water partition coefficient (Wildman–Crippen LogP) is 0.376. The van der Waals surface area contributed by atoms with Gasteiger partial charge in [0.15, 0.2) is 0 Å². The van der Waals surface area contributed by atoms with Crippen molar-refractivity contribution in [2.45, 2.75) is 37.9 Å². The predicted molar refractivity (Wildman–Crippen MR) is 57.6 cm³/mol. The number of likely N-dealkylation sites (tertiary alicyclic amines) is 1. The molecule has 2 heterocycles. The van der Waals surface area contributed by atoms with Gasteiger partial charge in [0.2, 0.25) is 5.91 Å². The third kappa shape index (κ3) is 2.69. The summed E-state index contributed by atoms with van der Waals surface area (Å²) in [4.78, 5) is 13.8. The number of carbonyl (C=O) groups excluding carboxylic acids is 1. The van der Waals surface area contributed by atoms with E-state index in [2.05, 4.69) is 5.32 Å². The van der Waals surface area contributed by atoms with Gasteiger partial charge in [0.05, 0.1) is 12.2 Å². The molecule has 2 atom stereocenters. The third-order valence-corrected chi connectivity index (χ3v) is 3.21. The van der Waals surface area contributed by atoms with E-state index < -0.39 is 0 Å². The summed E-state index contributed by atoms with van der Waals surface area (Å²) >= 11 is 0. The molecule has 2 aliphatic rings. The molecule has 2 rings (SSSR count). The SMILES string of the molecule is CNCCCC(=O)N1CC2CCC(C1)O2. The summed E-state index contributed by atoms with van der Waals surface area (Å²) in [5.41, 5.74) is 0. The zero-order chi connectivity index (χ0) is 10.7. The second-order valence-electron chi connectivity index (χ2n) is 4.46. The van der Waals surface area contributed by atoms with Crippen molar-refractivity contribution in [1.82, 2.24) is 10.2 Å². The first-order valence-electron chi connectivity index (χ1n) is 5.87. The summed E-state index contributed by atoms with van der Waals surface area (Å²) in [6, 6.07) is 0. The number of morpholine rings is 1. The molecule has 15 heavy (non-hydrogen) atoms. The highest BCUT2D eigenvalue weighted by molar-refractivity contribution is 5.76. The zero-order valence-electron chi connectivity index (χ0n) is 9.37. The highest BCUT2D eigenvalue weighted by Gasteiger charge is 2.35. The number of nitrogens with one attached hydrogen (secondary N) is 1. The maximum Gasteiger partial charge on any atom is 0.222 e. The Hall–Kier alpha value is -0.610. The fraction of sp³-hybridized carbons (Fsp3) is 0.909. The molecule has 0 spiro atoms. The Labute approximate surface area is 91.0 Å². The van der Waals surface area contributed by atoms with E-state index in [1.165, 1.54) is 0 Å². The van der Waals surface area contributed by atoms with Gasteiger partial charge in [0.1, 0.15) is 0 Å². The summed E-state index contributed by atoms with van der Waals surface area (Å²) in [6.07, 6.45) is 4.49. The standard InChI is InChI=1S/C11H20N2O2/c1-12-6-2-3-11(14)13-7-9-4-5-10(8-13)15-9/h9-10,12H,2-8H2,1H3. The van der Waals surface area contributed by atoms with Crippen LogP contribution in [0.4, 0.5) is 0 Å². The molecule has 0 aliphatic carbocycles. The number of fused-ring (bicyclic) bond motifs is 2. The van der Waals surface area contributed by atoms with E-state index >= 15 is 0 Å². The number of hydrogen-bond donors (Lipinski definition) is 1. The van der Waals surface area contributed by atoms with Crippen molar-refractivity contribution in [2.75, 3.05) is 26.7 Å². The Morgan fingerprint density at radius 1 is 1.40 bits per heavy atom. The Balaban J connectivity index is 1.76. The first-order valence-corrected chi connectivity index (χ1v) is 5.87. The number of nitrogens with zero attached hydrogens (tertiary/aromatic N) is 1. The maximum atomic E-state index is 11.8. The minimum absolute atomic E-state index is 0.297. The first kappa shape index (κ1) is 10.9. The van der Waals surface area contributed by atoms with Gasteiger partial charge in [-0.25, -0.2) is 0 Å². The Bertz CT molecular complexity index is 221. The number of hydrogen-bond acceptors (Lipinski definition) is 3. The number of carbonyl (C=O) groups is 1. The van der Waals surface area contributed by atoms with Crippen LogP contribution in [0.2, 0.25) is 0 Å². The zero-order valence-corrected chi connectivity index (χ0v) is 9.37. The molecule has 2 bridgehead atoms. The number of rotatable bonds is 4. The minimum Gasteiger partial charge on any atom is -0.371 e. The lowest BCUT2D eigenvalue weighted by Gasteiger charge is -2.32. The molecule has 0 aromatic heterocycles. The lowest BCUT2D eigenvalue weighted by atomic mass is 10.2. The van der Waals surface area contributed by atoms with Crippen molar-refractivity contribution < 1.29 is 9.53 Å². The molecule has 1 amide bonds. The van der Waals surface area contributed by atoms with Crippen LogP contribution in [-0.2, 0) is 9.53 Å². The molecule has 0 aromatic carbocycles. The van der Waals surface area contributed by atoms with E-state index in [1.807, 2.05) is 11.9 Å². The second-order valence-corrected chi connectivity index (χ2v) is 4.46. The van der Waals surface area contributed by atoms with Gasteiger partial charge in [0.25, 0.3) is 0 Å². The topological polar surface area (TPSA) is 41.6 Å². The summed E-state index contributed by atoms with van der Waals surface area (Å²) in [5, 5.41) is 3.06. The molecular weight excluding hydrogens is 192 g/mol. The van der Waals surface area contributed by atoms with Crippen LogP contribution in [0.15, 0.2) is 0 Å². The van der Waals surface area contributed by atoms with Crippen LogP contribution in [0.3, 0.4) is 0 Å². The maximum absolute atomic E-state index is 11.8. The molecule has 0 aromatic rings. The quantitative estimate of drug-likeness (QED) is 0.685. The molecule has 2 unspecified atom stereocenters. The van der Waals surface area contributed by atoms with Crippen LogP contribution in [-0.4, -0.2) is 49.7 Å². The first-order chi connectivity index (χ1) is 7.29. The Morgan fingerprint density at radius 3 is 2.67 bits per heavy atom. The van der Waals surface area contributed by atoms with Crippen LogP contribution in [0, 0.1) is 0 Å². The van der Waals surface area contributed by atoms with Crippen LogP contribution in [0.1, 0.15) is 25.7 Å². The van der Waals surface area contributed by atoms with E-state index in [4.69, 9.17) is 4.74 Å². The highest BCUT2D eigenvalue weighted by Crippen LogP contribution is 2.26. The van der Waals surface area contributed by atoms with Crippen LogP contribution >= 0.6 is 0 Å². The van der Waals surface area contributed by atoms with Gasteiger partial charge in [-0.2, -0.15) is 0 Å². The van der Waals surface area contributed by atoms with Crippen molar-refractivity contribution in [2.24, 2.45) is 0 Å². The molecule has 4 nitrogen and oxygen atoms in total. The van der Waals surface area contributed by atoms with E-state index in [0.717, 1.165) is 38.9 Å². The average Bonchev–Trinajstić information content (AvgIpc) is 2.58. The molecular formula is C11H20N2O2. The van der Waals surface area contributed by atoms with Gasteiger partial charge in [-0.05, 0) is 32.9 Å². The Morgan fingerprint density at radius 2 is 2.07 bits per heavy atom. The number of ether oxygens (including phenoxy) is 1. The second kappa shape index (κ2) is 4.94. The molecule has 2 aliphatic heterocycles. The average molecular weight is 212 g/mol. The van der Waals surface area contributed by atoms with Crippen molar-refractivity contribution in [3.8, 4) is 0 Å². The van der Waals surface area contributed by atoms with Crippen molar-refractivity contribution >= 4 is 5.91 Å². The van der Waals surface area contributed by atoms with Gasteiger partial charge < -0.3 is 15.0 Å². The lowest BCUT2D eigenvalue weighted by Crippen LogP contribution is -2.45. The largest absolute Gasteiger partial charge is 0.371 e. The van der Waals surface area contributed by atoms with Gasteiger partial charge in [-0.15, -0.1) is 0 Å². The molecule has 0 saturated carbocycles. The summed E-state index contributed by atoms with van der Waals surface area (Å²) in [5.74, 6) is 0.297. The van der Waals surface area contributed by atoms with Crippen molar-refractivity contribution in [1.29, 1.82) is 0 Å². The van der Waals surface area contributed by atoms with Crippen molar-refractivity contribution in [3.05, 3.63) is 0 Å². The monoisotopic (exact) mass is 212 g/mol. The molecule has 0 radical (unpaired) electrons. The van der Waals surface area contributed by atoms with E-state index in [0.29, 0.717) is 24.5 Å². The van der Waals surface area contributed by atoms with Gasteiger partial charge in [-0.3, -0.25) is 4.79 Å². The van der Waals surface area contributed by atoms with E-state index in [-0.39, 0.29) is 0 Å². The molecule has 86 valence electrons. The van der Waals surface area contributed by atoms with E-state index in [9.17, 15) is 4.79 Å². The normalized spacial score (nSPS) is 29.5. The molecule has 2 fully saturated rings. The van der Waals surface area contributed by atoms with Crippen LogP contribution in [0.25, 0.3) is 0 Å². The van der Waals surface area contributed by atoms with E-state index in [1.54, 1.807) is 0 Å². The van der Waals surface area contributed by atoms with Crippen LogP contribution < -0.4 is 5.32 Å². The molecule has 1 N–H and O–H groups in total. The summed E-state index contributed by atoms with van der Waals surface area (Å²) in [7, 11) is 1.92. The molecule has 4 heteroatoms. The molecule has 2 saturated heterocycles. The minimum atomic E-state index is 0.297. The summed E-state index contributed by atoms with van der Waals surface area (Å²) in [6.45, 7) is 2.55. The number of amides is 1. The van der Waals surface area contributed by atoms with Gasteiger partial charge >= 0.3 is 0 Å².